The Hall–Kier alpha value is -4.33. The molecule has 0 bridgehead atoms. The first-order chi connectivity index (χ1) is 18.4. The van der Waals surface area contributed by atoms with E-state index in [2.05, 4.69) is 77.6 Å². The third kappa shape index (κ3) is 5.07. The molecule has 3 aromatic heterocycles. The third-order valence-electron chi connectivity index (χ3n) is 6.87. The predicted octanol–water partition coefficient (Wildman–Crippen LogP) is 5.63. The topological polar surface area (TPSA) is 94.3 Å². The quantitative estimate of drug-likeness (QED) is 0.294. The van der Waals surface area contributed by atoms with Crippen molar-refractivity contribution < 1.29 is 0 Å². The zero-order valence-electron chi connectivity index (χ0n) is 22.3. The van der Waals surface area contributed by atoms with Crippen LogP contribution in [-0.2, 0) is 12.0 Å². The number of imidazole rings is 1. The Bertz CT molecular complexity index is 1560. The molecule has 0 aliphatic heterocycles. The van der Waals surface area contributed by atoms with Crippen molar-refractivity contribution in [2.75, 3.05) is 0 Å². The molecule has 0 saturated heterocycles. The zero-order chi connectivity index (χ0) is 26.7. The van der Waals surface area contributed by atoms with Gasteiger partial charge in [0, 0.05) is 29.7 Å². The highest BCUT2D eigenvalue weighted by atomic mass is 16.1. The molecular formula is C30H33N7O. The Morgan fingerprint density at radius 1 is 0.974 bits per heavy atom. The predicted molar refractivity (Wildman–Crippen MR) is 149 cm³/mol. The van der Waals surface area contributed by atoms with Gasteiger partial charge in [-0.2, -0.15) is 5.21 Å². The van der Waals surface area contributed by atoms with Gasteiger partial charge >= 0.3 is 5.69 Å². The van der Waals surface area contributed by atoms with Crippen LogP contribution in [0, 0.1) is 0 Å². The summed E-state index contributed by atoms with van der Waals surface area (Å²) in [6, 6.07) is 20.4. The molecule has 1 atom stereocenters. The molecule has 0 saturated carbocycles. The van der Waals surface area contributed by atoms with E-state index in [-0.39, 0.29) is 17.1 Å². The smallest absolute Gasteiger partial charge is 0.295 e. The summed E-state index contributed by atoms with van der Waals surface area (Å²) in [5, 5.41) is 14.4. The number of aromatic nitrogens is 7. The van der Waals surface area contributed by atoms with Crippen molar-refractivity contribution in [2.45, 2.75) is 58.5 Å². The lowest BCUT2D eigenvalue weighted by molar-refractivity contribution is 0.489. The second-order valence-corrected chi connectivity index (χ2v) is 10.6. The maximum Gasteiger partial charge on any atom is 0.329 e. The van der Waals surface area contributed by atoms with Gasteiger partial charge in [0.25, 0.3) is 0 Å². The fourth-order valence-electron chi connectivity index (χ4n) is 5.03. The van der Waals surface area contributed by atoms with E-state index in [9.17, 15) is 4.79 Å². The van der Waals surface area contributed by atoms with Crippen molar-refractivity contribution in [3.63, 3.8) is 0 Å². The van der Waals surface area contributed by atoms with Crippen LogP contribution in [0.4, 0.5) is 0 Å². The van der Waals surface area contributed by atoms with Crippen LogP contribution in [0.25, 0.3) is 22.6 Å². The van der Waals surface area contributed by atoms with Gasteiger partial charge in [-0.3, -0.25) is 14.1 Å². The number of nitrogens with zero attached hydrogens (tertiary/aromatic N) is 6. The molecule has 0 aliphatic rings. The van der Waals surface area contributed by atoms with Crippen LogP contribution in [0.15, 0.2) is 84.0 Å². The average molecular weight is 508 g/mol. The molecule has 8 nitrogen and oxygen atoms in total. The van der Waals surface area contributed by atoms with Crippen LogP contribution >= 0.6 is 0 Å². The fraction of sp³-hybridized carbons (Fsp3) is 0.300. The minimum Gasteiger partial charge on any atom is -0.295 e. The minimum absolute atomic E-state index is 0.000331. The first-order valence-corrected chi connectivity index (χ1v) is 13.0. The molecule has 1 unspecified atom stereocenters. The molecule has 0 amide bonds. The van der Waals surface area contributed by atoms with Crippen molar-refractivity contribution >= 4 is 0 Å². The van der Waals surface area contributed by atoms with E-state index in [1.807, 2.05) is 53.4 Å². The highest BCUT2D eigenvalue weighted by Gasteiger charge is 2.24. The number of rotatable bonds is 8. The van der Waals surface area contributed by atoms with Crippen LogP contribution in [0.1, 0.15) is 63.3 Å². The first-order valence-electron chi connectivity index (χ1n) is 13.0. The van der Waals surface area contributed by atoms with Crippen molar-refractivity contribution in [2.24, 2.45) is 0 Å². The van der Waals surface area contributed by atoms with Gasteiger partial charge in [0.2, 0.25) is 5.82 Å². The maximum absolute atomic E-state index is 13.6. The van der Waals surface area contributed by atoms with Crippen LogP contribution in [0.5, 0.6) is 0 Å². The summed E-state index contributed by atoms with van der Waals surface area (Å²) in [4.78, 5) is 18.1. The fourth-order valence-corrected chi connectivity index (χ4v) is 5.03. The molecule has 8 heteroatoms. The Kier molecular flexibility index (Phi) is 7.05. The van der Waals surface area contributed by atoms with E-state index in [1.165, 1.54) is 11.1 Å². The lowest BCUT2D eigenvalue weighted by Gasteiger charge is -2.28. The molecule has 194 valence electrons. The standard InChI is InChI=1S/C30H33N7O/c1-5-9-26(23-10-6-7-12-25(23)30(2,3)4)37-19-18-36(29(37)38)20-21-13-15-22(16-14-21)27-24(11-8-17-31-27)28-32-34-35-33-28/h6-8,10-19,26H,5,9,20H2,1-4H3,(H,32,33,34,35). The van der Waals surface area contributed by atoms with Gasteiger partial charge in [-0.25, -0.2) is 4.79 Å². The summed E-state index contributed by atoms with van der Waals surface area (Å²) in [7, 11) is 0. The molecule has 0 fully saturated rings. The summed E-state index contributed by atoms with van der Waals surface area (Å²) in [6.45, 7) is 9.33. The highest BCUT2D eigenvalue weighted by molar-refractivity contribution is 5.76. The number of H-pyrrole nitrogens is 1. The van der Waals surface area contributed by atoms with Crippen molar-refractivity contribution in [3.8, 4) is 22.6 Å². The molecule has 5 aromatic rings. The van der Waals surface area contributed by atoms with E-state index in [0.717, 1.165) is 35.2 Å². The molecule has 38 heavy (non-hydrogen) atoms. The van der Waals surface area contributed by atoms with Crippen molar-refractivity contribution in [3.05, 3.63) is 106 Å². The Morgan fingerprint density at radius 3 is 2.47 bits per heavy atom. The average Bonchev–Trinajstić information content (AvgIpc) is 3.58. The zero-order valence-corrected chi connectivity index (χ0v) is 22.3. The highest BCUT2D eigenvalue weighted by Crippen LogP contribution is 2.33. The molecular weight excluding hydrogens is 474 g/mol. The van der Waals surface area contributed by atoms with Gasteiger partial charge < -0.3 is 0 Å². The summed E-state index contributed by atoms with van der Waals surface area (Å²) in [5.41, 5.74) is 6.06. The van der Waals surface area contributed by atoms with Gasteiger partial charge in [-0.15, -0.1) is 10.2 Å². The molecule has 2 aromatic carbocycles. The molecule has 0 spiro atoms. The number of aromatic amines is 1. The van der Waals surface area contributed by atoms with Crippen molar-refractivity contribution in [1.82, 2.24) is 34.7 Å². The number of hydrogen-bond acceptors (Lipinski definition) is 5. The number of hydrogen-bond donors (Lipinski definition) is 1. The van der Waals surface area contributed by atoms with E-state index >= 15 is 0 Å². The largest absolute Gasteiger partial charge is 0.329 e. The van der Waals surface area contributed by atoms with Crippen LogP contribution in [0.2, 0.25) is 0 Å². The van der Waals surface area contributed by atoms with Crippen molar-refractivity contribution in [1.29, 1.82) is 0 Å². The van der Waals surface area contributed by atoms with Gasteiger partial charge in [0.1, 0.15) is 0 Å². The summed E-state index contributed by atoms with van der Waals surface area (Å²) < 4.78 is 3.68. The van der Waals surface area contributed by atoms with Crippen LogP contribution in [0.3, 0.4) is 0 Å². The second-order valence-electron chi connectivity index (χ2n) is 10.6. The third-order valence-corrected chi connectivity index (χ3v) is 6.87. The minimum atomic E-state index is -0.00623. The Morgan fingerprint density at radius 2 is 1.76 bits per heavy atom. The van der Waals surface area contributed by atoms with Gasteiger partial charge in [0.05, 0.1) is 18.3 Å². The number of tetrazole rings is 1. The SMILES string of the molecule is CCCC(c1ccccc1C(C)(C)C)n1ccn(Cc2ccc(-c3ncccc3-c3nn[nH]n3)cc2)c1=O. The van der Waals surface area contributed by atoms with E-state index in [0.29, 0.717) is 12.4 Å². The number of benzene rings is 2. The second kappa shape index (κ2) is 10.6. The lowest BCUT2D eigenvalue weighted by atomic mass is 9.81. The van der Waals surface area contributed by atoms with Gasteiger partial charge in [-0.1, -0.05) is 82.6 Å². The normalized spacial score (nSPS) is 12.5. The molecule has 0 radical (unpaired) electrons. The summed E-state index contributed by atoms with van der Waals surface area (Å²) >= 11 is 0. The number of nitrogens with one attached hydrogen (secondary N) is 1. The van der Waals surface area contributed by atoms with E-state index in [1.54, 1.807) is 10.8 Å². The lowest BCUT2D eigenvalue weighted by Crippen LogP contribution is -2.29. The summed E-state index contributed by atoms with van der Waals surface area (Å²) in [5.74, 6) is 0.500. The maximum atomic E-state index is 13.6. The number of pyridine rings is 1. The first kappa shape index (κ1) is 25.3. The van der Waals surface area contributed by atoms with Crippen LogP contribution in [-0.4, -0.2) is 34.7 Å². The Labute approximate surface area is 222 Å². The molecule has 3 heterocycles. The van der Waals surface area contributed by atoms with E-state index < -0.39 is 0 Å². The molecule has 0 aliphatic carbocycles. The van der Waals surface area contributed by atoms with Gasteiger partial charge in [-0.05, 0) is 45.9 Å². The molecule has 5 rings (SSSR count). The van der Waals surface area contributed by atoms with E-state index in [4.69, 9.17) is 0 Å². The summed E-state index contributed by atoms with van der Waals surface area (Å²) in [6.07, 6.45) is 7.47. The molecule has 1 N–H and O–H groups in total. The monoisotopic (exact) mass is 507 g/mol. The Balaban J connectivity index is 1.42. The van der Waals surface area contributed by atoms with Crippen LogP contribution < -0.4 is 5.69 Å². The van der Waals surface area contributed by atoms with Gasteiger partial charge in [0.15, 0.2) is 0 Å².